The predicted octanol–water partition coefficient (Wildman–Crippen LogP) is 1.59. The molecule has 110 valence electrons. The van der Waals surface area contributed by atoms with Gasteiger partial charge in [0.25, 0.3) is 0 Å². The van der Waals surface area contributed by atoms with E-state index in [9.17, 15) is 9.90 Å². The third kappa shape index (κ3) is 4.51. The SMILES string of the molecule is O=C(NCCC1CCCO1)NC(CO)c1ccccc1. The molecule has 1 aliphatic heterocycles. The van der Waals surface area contributed by atoms with E-state index in [1.807, 2.05) is 30.3 Å². The molecule has 3 N–H and O–H groups in total. The van der Waals surface area contributed by atoms with Crippen molar-refractivity contribution in [2.45, 2.75) is 31.4 Å². The zero-order valence-corrected chi connectivity index (χ0v) is 11.5. The van der Waals surface area contributed by atoms with Crippen molar-refractivity contribution < 1.29 is 14.6 Å². The highest BCUT2D eigenvalue weighted by atomic mass is 16.5. The zero-order valence-electron chi connectivity index (χ0n) is 11.5. The van der Waals surface area contributed by atoms with Crippen LogP contribution in [-0.2, 0) is 4.74 Å². The number of ether oxygens (including phenoxy) is 1. The summed E-state index contributed by atoms with van der Waals surface area (Å²) in [6.07, 6.45) is 3.30. The lowest BCUT2D eigenvalue weighted by Crippen LogP contribution is -2.40. The van der Waals surface area contributed by atoms with Gasteiger partial charge in [0.2, 0.25) is 0 Å². The van der Waals surface area contributed by atoms with Gasteiger partial charge in [-0.15, -0.1) is 0 Å². The molecule has 0 saturated carbocycles. The fraction of sp³-hybridized carbons (Fsp3) is 0.533. The predicted molar refractivity (Wildman–Crippen MR) is 76.4 cm³/mol. The second-order valence-electron chi connectivity index (χ2n) is 4.97. The van der Waals surface area contributed by atoms with Crippen LogP contribution in [0.4, 0.5) is 4.79 Å². The molecule has 1 saturated heterocycles. The van der Waals surface area contributed by atoms with Crippen LogP contribution in [0.15, 0.2) is 30.3 Å². The maximum Gasteiger partial charge on any atom is 0.315 e. The van der Waals surface area contributed by atoms with E-state index in [2.05, 4.69) is 10.6 Å². The van der Waals surface area contributed by atoms with E-state index in [1.54, 1.807) is 0 Å². The Morgan fingerprint density at radius 2 is 2.20 bits per heavy atom. The Kier molecular flexibility index (Phi) is 5.83. The van der Waals surface area contributed by atoms with Crippen LogP contribution >= 0.6 is 0 Å². The second-order valence-corrected chi connectivity index (χ2v) is 4.97. The van der Waals surface area contributed by atoms with Gasteiger partial charge in [0.15, 0.2) is 0 Å². The first-order valence-electron chi connectivity index (χ1n) is 7.11. The number of aliphatic hydroxyl groups is 1. The number of benzene rings is 1. The highest BCUT2D eigenvalue weighted by Gasteiger charge is 2.16. The molecule has 2 rings (SSSR count). The largest absolute Gasteiger partial charge is 0.394 e. The van der Waals surface area contributed by atoms with Crippen LogP contribution < -0.4 is 10.6 Å². The van der Waals surface area contributed by atoms with Gasteiger partial charge in [0, 0.05) is 13.2 Å². The van der Waals surface area contributed by atoms with Crippen LogP contribution in [0.5, 0.6) is 0 Å². The van der Waals surface area contributed by atoms with E-state index in [0.717, 1.165) is 31.4 Å². The summed E-state index contributed by atoms with van der Waals surface area (Å²) in [6, 6.07) is 8.80. The number of urea groups is 1. The Labute approximate surface area is 119 Å². The Balaban J connectivity index is 1.72. The molecule has 2 atom stereocenters. The molecular weight excluding hydrogens is 256 g/mol. The molecule has 0 aromatic heterocycles. The van der Waals surface area contributed by atoms with E-state index in [4.69, 9.17) is 4.74 Å². The molecule has 1 aromatic rings. The van der Waals surface area contributed by atoms with Crippen molar-refractivity contribution in [1.82, 2.24) is 10.6 Å². The number of hydrogen-bond donors (Lipinski definition) is 3. The van der Waals surface area contributed by atoms with Crippen molar-refractivity contribution in [1.29, 1.82) is 0 Å². The first-order valence-corrected chi connectivity index (χ1v) is 7.11. The zero-order chi connectivity index (χ0) is 14.2. The summed E-state index contributed by atoms with van der Waals surface area (Å²) in [5.74, 6) is 0. The third-order valence-corrected chi connectivity index (χ3v) is 3.47. The number of rotatable bonds is 6. The Hall–Kier alpha value is -1.59. The highest BCUT2D eigenvalue weighted by molar-refractivity contribution is 5.74. The quantitative estimate of drug-likeness (QED) is 0.740. The smallest absolute Gasteiger partial charge is 0.315 e. The van der Waals surface area contributed by atoms with Crippen molar-refractivity contribution in [2.75, 3.05) is 19.8 Å². The van der Waals surface area contributed by atoms with Crippen LogP contribution in [0.25, 0.3) is 0 Å². The van der Waals surface area contributed by atoms with Gasteiger partial charge in [-0.1, -0.05) is 30.3 Å². The van der Waals surface area contributed by atoms with Crippen LogP contribution in [0.1, 0.15) is 30.9 Å². The summed E-state index contributed by atoms with van der Waals surface area (Å²) in [4.78, 5) is 11.8. The molecule has 1 heterocycles. The van der Waals surface area contributed by atoms with Gasteiger partial charge in [-0.2, -0.15) is 0 Å². The van der Waals surface area contributed by atoms with Gasteiger partial charge in [-0.3, -0.25) is 0 Å². The van der Waals surface area contributed by atoms with Crippen molar-refractivity contribution in [3.05, 3.63) is 35.9 Å². The summed E-state index contributed by atoms with van der Waals surface area (Å²) in [7, 11) is 0. The number of aliphatic hydroxyl groups excluding tert-OH is 1. The molecule has 0 radical (unpaired) electrons. The summed E-state index contributed by atoms with van der Waals surface area (Å²) < 4.78 is 5.49. The fourth-order valence-corrected chi connectivity index (χ4v) is 2.35. The van der Waals surface area contributed by atoms with Crippen molar-refractivity contribution in [3.63, 3.8) is 0 Å². The van der Waals surface area contributed by atoms with Crippen LogP contribution in [0, 0.1) is 0 Å². The van der Waals surface area contributed by atoms with E-state index in [0.29, 0.717) is 6.54 Å². The summed E-state index contributed by atoms with van der Waals surface area (Å²) in [5.41, 5.74) is 0.893. The average molecular weight is 278 g/mol. The van der Waals surface area contributed by atoms with Crippen LogP contribution in [-0.4, -0.2) is 37.0 Å². The Bertz CT molecular complexity index is 405. The topological polar surface area (TPSA) is 70.6 Å². The lowest BCUT2D eigenvalue weighted by atomic mass is 10.1. The summed E-state index contributed by atoms with van der Waals surface area (Å²) in [5, 5.41) is 14.9. The first-order chi connectivity index (χ1) is 9.79. The van der Waals surface area contributed by atoms with E-state index < -0.39 is 0 Å². The molecule has 0 bridgehead atoms. The minimum absolute atomic E-state index is 0.122. The summed E-state index contributed by atoms with van der Waals surface area (Å²) >= 11 is 0. The maximum absolute atomic E-state index is 11.8. The lowest BCUT2D eigenvalue weighted by Gasteiger charge is -2.17. The minimum Gasteiger partial charge on any atom is -0.394 e. The molecule has 1 aromatic carbocycles. The fourth-order valence-electron chi connectivity index (χ4n) is 2.35. The molecular formula is C15H22N2O3. The van der Waals surface area contributed by atoms with Gasteiger partial charge < -0.3 is 20.5 Å². The number of hydrogen-bond acceptors (Lipinski definition) is 3. The molecule has 2 amide bonds. The Morgan fingerprint density at radius 3 is 2.85 bits per heavy atom. The van der Waals surface area contributed by atoms with Gasteiger partial charge >= 0.3 is 6.03 Å². The van der Waals surface area contributed by atoms with Crippen molar-refractivity contribution in [2.24, 2.45) is 0 Å². The molecule has 5 nitrogen and oxygen atoms in total. The molecule has 0 spiro atoms. The minimum atomic E-state index is -0.376. The summed E-state index contributed by atoms with van der Waals surface area (Å²) in [6.45, 7) is 1.30. The number of nitrogens with one attached hydrogen (secondary N) is 2. The second kappa shape index (κ2) is 7.87. The van der Waals surface area contributed by atoms with E-state index in [1.165, 1.54) is 0 Å². The molecule has 20 heavy (non-hydrogen) atoms. The van der Waals surface area contributed by atoms with Crippen molar-refractivity contribution >= 4 is 6.03 Å². The number of amides is 2. The van der Waals surface area contributed by atoms with Gasteiger partial charge in [-0.05, 0) is 24.8 Å². The van der Waals surface area contributed by atoms with Gasteiger partial charge in [-0.25, -0.2) is 4.79 Å². The molecule has 0 aliphatic carbocycles. The number of carbonyl (C=O) groups is 1. The monoisotopic (exact) mass is 278 g/mol. The standard InChI is InChI=1S/C15H22N2O3/c18-11-14(12-5-2-1-3-6-12)17-15(19)16-9-8-13-7-4-10-20-13/h1-3,5-6,13-14,18H,4,7-11H2,(H2,16,17,19). The average Bonchev–Trinajstić information content (AvgIpc) is 2.99. The molecule has 5 heteroatoms. The van der Waals surface area contributed by atoms with Gasteiger partial charge in [0.1, 0.15) is 0 Å². The van der Waals surface area contributed by atoms with Crippen LogP contribution in [0.2, 0.25) is 0 Å². The Morgan fingerprint density at radius 1 is 1.40 bits per heavy atom. The maximum atomic E-state index is 11.8. The highest BCUT2D eigenvalue weighted by Crippen LogP contribution is 2.14. The lowest BCUT2D eigenvalue weighted by molar-refractivity contribution is 0.104. The normalized spacial score (nSPS) is 19.6. The van der Waals surface area contributed by atoms with E-state index in [-0.39, 0.29) is 24.8 Å². The molecule has 2 unspecified atom stereocenters. The van der Waals surface area contributed by atoms with Crippen LogP contribution in [0.3, 0.4) is 0 Å². The van der Waals surface area contributed by atoms with E-state index >= 15 is 0 Å². The van der Waals surface area contributed by atoms with Gasteiger partial charge in [0.05, 0.1) is 18.8 Å². The first kappa shape index (κ1) is 14.8. The number of carbonyl (C=O) groups excluding carboxylic acids is 1. The molecule has 1 fully saturated rings. The third-order valence-electron chi connectivity index (χ3n) is 3.47. The molecule has 1 aliphatic rings. The van der Waals surface area contributed by atoms with Crippen molar-refractivity contribution in [3.8, 4) is 0 Å².